The van der Waals surface area contributed by atoms with Crippen LogP contribution < -0.4 is 0 Å². The van der Waals surface area contributed by atoms with Crippen LogP contribution in [0, 0.1) is 5.92 Å². The van der Waals surface area contributed by atoms with E-state index in [1.165, 1.54) is 4.80 Å². The van der Waals surface area contributed by atoms with Crippen molar-refractivity contribution in [1.29, 1.82) is 0 Å². The molecule has 1 aromatic carbocycles. The van der Waals surface area contributed by atoms with Crippen molar-refractivity contribution < 1.29 is 9.90 Å². The maximum atomic E-state index is 12.5. The van der Waals surface area contributed by atoms with E-state index in [1.807, 2.05) is 44.2 Å². The zero-order valence-corrected chi connectivity index (χ0v) is 12.6. The van der Waals surface area contributed by atoms with E-state index in [-0.39, 0.29) is 11.8 Å². The van der Waals surface area contributed by atoms with Gasteiger partial charge in [-0.2, -0.15) is 4.80 Å². The number of carbonyl (C=O) groups excluding carboxylic acids is 1. The van der Waals surface area contributed by atoms with Crippen molar-refractivity contribution in [3.05, 3.63) is 30.3 Å². The van der Waals surface area contributed by atoms with Gasteiger partial charge in [-0.1, -0.05) is 44.2 Å². The summed E-state index contributed by atoms with van der Waals surface area (Å²) in [6.07, 6.45) is -0.416. The smallest absolute Gasteiger partial charge is 0.249 e. The van der Waals surface area contributed by atoms with Crippen LogP contribution in [0.2, 0.25) is 0 Å². The monoisotopic (exact) mass is 301 g/mol. The number of β-amino-alcohol motifs (C(OH)–C–C–N with tert-alkyl or cyclic N) is 1. The molecular formula is C15H19N5O2. The quantitative estimate of drug-likeness (QED) is 0.900. The second-order valence-electron chi connectivity index (χ2n) is 5.89. The first-order valence-electron chi connectivity index (χ1n) is 7.38. The molecule has 1 amide bonds. The van der Waals surface area contributed by atoms with E-state index in [9.17, 15) is 9.90 Å². The molecule has 0 saturated carbocycles. The van der Waals surface area contributed by atoms with Gasteiger partial charge in [0.2, 0.25) is 11.7 Å². The third-order valence-electron chi connectivity index (χ3n) is 3.77. The summed E-state index contributed by atoms with van der Waals surface area (Å²) in [5.41, 5.74) is 0.864. The Kier molecular flexibility index (Phi) is 3.89. The van der Waals surface area contributed by atoms with Crippen LogP contribution in [0.4, 0.5) is 0 Å². The number of nitrogens with zero attached hydrogens (tertiary/aromatic N) is 5. The van der Waals surface area contributed by atoms with Crippen LogP contribution in [-0.4, -0.2) is 55.3 Å². The molecule has 1 aliphatic rings. The Morgan fingerprint density at radius 1 is 1.27 bits per heavy atom. The van der Waals surface area contributed by atoms with Gasteiger partial charge in [-0.25, -0.2) is 0 Å². The summed E-state index contributed by atoms with van der Waals surface area (Å²) in [7, 11) is 0. The number of carbonyl (C=O) groups is 1. The lowest BCUT2D eigenvalue weighted by atomic mass is 10.0. The van der Waals surface area contributed by atoms with Gasteiger partial charge in [0.15, 0.2) is 6.04 Å². The SMILES string of the molecule is CC(C)C(C(=O)N1CC(O)C1)n1nnc(-c2ccccc2)n1. The number of rotatable bonds is 4. The van der Waals surface area contributed by atoms with E-state index in [0.717, 1.165) is 5.56 Å². The van der Waals surface area contributed by atoms with Gasteiger partial charge in [-0.05, 0) is 11.1 Å². The zero-order valence-electron chi connectivity index (χ0n) is 12.6. The van der Waals surface area contributed by atoms with Crippen LogP contribution in [0.15, 0.2) is 30.3 Å². The molecule has 2 aromatic rings. The van der Waals surface area contributed by atoms with Crippen molar-refractivity contribution in [2.45, 2.75) is 26.0 Å². The molecule has 0 aliphatic carbocycles. The molecule has 1 saturated heterocycles. The highest BCUT2D eigenvalue weighted by atomic mass is 16.3. The summed E-state index contributed by atoms with van der Waals surface area (Å²) < 4.78 is 0. The molecule has 1 atom stereocenters. The van der Waals surface area contributed by atoms with Gasteiger partial charge < -0.3 is 10.0 Å². The molecule has 2 heterocycles. The van der Waals surface area contributed by atoms with Gasteiger partial charge in [-0.15, -0.1) is 10.2 Å². The lowest BCUT2D eigenvalue weighted by molar-refractivity contribution is -0.147. The van der Waals surface area contributed by atoms with E-state index in [2.05, 4.69) is 15.4 Å². The minimum Gasteiger partial charge on any atom is -0.389 e. The molecule has 7 nitrogen and oxygen atoms in total. The van der Waals surface area contributed by atoms with Gasteiger partial charge in [0.05, 0.1) is 6.10 Å². The molecule has 116 valence electrons. The van der Waals surface area contributed by atoms with E-state index < -0.39 is 12.1 Å². The Bertz CT molecular complexity index is 649. The molecule has 1 aliphatic heterocycles. The molecule has 0 bridgehead atoms. The fraction of sp³-hybridized carbons (Fsp3) is 0.467. The molecule has 22 heavy (non-hydrogen) atoms. The van der Waals surface area contributed by atoms with Crippen molar-refractivity contribution in [3.63, 3.8) is 0 Å². The summed E-state index contributed by atoms with van der Waals surface area (Å²) in [4.78, 5) is 15.6. The minimum absolute atomic E-state index is 0.0306. The van der Waals surface area contributed by atoms with Crippen LogP contribution in [0.3, 0.4) is 0 Å². The number of aliphatic hydroxyl groups excluding tert-OH is 1. The van der Waals surface area contributed by atoms with Crippen LogP contribution in [0.1, 0.15) is 19.9 Å². The standard InChI is InChI=1S/C15H19N5O2/c1-10(2)13(15(22)19-8-12(21)9-19)20-17-14(16-18-20)11-6-4-3-5-7-11/h3-7,10,12-13,21H,8-9H2,1-2H3. The lowest BCUT2D eigenvalue weighted by Gasteiger charge is -2.38. The largest absolute Gasteiger partial charge is 0.389 e. The number of hydrogen-bond donors (Lipinski definition) is 1. The normalized spacial score (nSPS) is 16.6. The number of benzene rings is 1. The maximum absolute atomic E-state index is 12.5. The molecule has 3 rings (SSSR count). The molecular weight excluding hydrogens is 282 g/mol. The van der Waals surface area contributed by atoms with Crippen LogP contribution in [0.5, 0.6) is 0 Å². The van der Waals surface area contributed by atoms with Crippen molar-refractivity contribution in [2.75, 3.05) is 13.1 Å². The predicted molar refractivity (Wildman–Crippen MR) is 79.7 cm³/mol. The highest BCUT2D eigenvalue weighted by Gasteiger charge is 2.37. The van der Waals surface area contributed by atoms with Crippen molar-refractivity contribution in [3.8, 4) is 11.4 Å². The molecule has 1 unspecified atom stereocenters. The first-order chi connectivity index (χ1) is 10.6. The van der Waals surface area contributed by atoms with Gasteiger partial charge in [0.1, 0.15) is 0 Å². The Morgan fingerprint density at radius 2 is 1.95 bits per heavy atom. The number of hydrogen-bond acceptors (Lipinski definition) is 5. The number of aliphatic hydroxyl groups is 1. The van der Waals surface area contributed by atoms with E-state index >= 15 is 0 Å². The first kappa shape index (κ1) is 14.6. The number of tetrazole rings is 1. The zero-order chi connectivity index (χ0) is 15.7. The van der Waals surface area contributed by atoms with Gasteiger partial charge in [0, 0.05) is 18.7 Å². The topological polar surface area (TPSA) is 84.1 Å². The number of amides is 1. The fourth-order valence-corrected chi connectivity index (χ4v) is 2.52. The number of likely N-dealkylation sites (tertiary alicyclic amines) is 1. The molecule has 1 N–H and O–H groups in total. The lowest BCUT2D eigenvalue weighted by Crippen LogP contribution is -2.56. The van der Waals surface area contributed by atoms with E-state index in [1.54, 1.807) is 4.90 Å². The average molecular weight is 301 g/mol. The van der Waals surface area contributed by atoms with Crippen LogP contribution in [-0.2, 0) is 4.79 Å². The highest BCUT2D eigenvalue weighted by Crippen LogP contribution is 2.23. The van der Waals surface area contributed by atoms with Crippen molar-refractivity contribution >= 4 is 5.91 Å². The summed E-state index contributed by atoms with van der Waals surface area (Å²) in [6, 6.07) is 9.03. The summed E-state index contributed by atoms with van der Waals surface area (Å²) >= 11 is 0. The Morgan fingerprint density at radius 3 is 2.55 bits per heavy atom. The summed E-state index contributed by atoms with van der Waals surface area (Å²) in [6.45, 7) is 4.65. The van der Waals surface area contributed by atoms with Crippen LogP contribution in [0.25, 0.3) is 11.4 Å². The van der Waals surface area contributed by atoms with Crippen molar-refractivity contribution in [1.82, 2.24) is 25.1 Å². The molecule has 1 fully saturated rings. The highest BCUT2D eigenvalue weighted by molar-refractivity contribution is 5.81. The number of aromatic nitrogens is 4. The second kappa shape index (κ2) is 5.84. The molecule has 1 aromatic heterocycles. The summed E-state index contributed by atoms with van der Waals surface area (Å²) in [5.74, 6) is 0.461. The minimum atomic E-state index is -0.502. The second-order valence-corrected chi connectivity index (χ2v) is 5.89. The Hall–Kier alpha value is -2.28. The van der Waals surface area contributed by atoms with Gasteiger partial charge in [0.25, 0.3) is 0 Å². The van der Waals surface area contributed by atoms with Gasteiger partial charge >= 0.3 is 0 Å². The average Bonchev–Trinajstić information content (AvgIpc) is 2.94. The van der Waals surface area contributed by atoms with Crippen LogP contribution >= 0.6 is 0 Å². The fourth-order valence-electron chi connectivity index (χ4n) is 2.52. The molecule has 0 radical (unpaired) electrons. The third kappa shape index (κ3) is 2.71. The van der Waals surface area contributed by atoms with Gasteiger partial charge in [-0.3, -0.25) is 4.79 Å². The maximum Gasteiger partial charge on any atom is 0.249 e. The molecule has 0 spiro atoms. The molecule has 7 heteroatoms. The van der Waals surface area contributed by atoms with E-state index in [0.29, 0.717) is 18.9 Å². The predicted octanol–water partition coefficient (Wildman–Crippen LogP) is 0.740. The van der Waals surface area contributed by atoms with E-state index in [4.69, 9.17) is 0 Å². The Labute approximate surface area is 128 Å². The first-order valence-corrected chi connectivity index (χ1v) is 7.38. The summed E-state index contributed by atoms with van der Waals surface area (Å²) in [5, 5.41) is 21.8. The van der Waals surface area contributed by atoms with Crippen molar-refractivity contribution in [2.24, 2.45) is 5.92 Å². The Balaban J connectivity index is 1.84. The third-order valence-corrected chi connectivity index (χ3v) is 3.77.